The molecule has 0 aliphatic heterocycles. The van der Waals surface area contributed by atoms with E-state index in [2.05, 4.69) is 5.32 Å². The first kappa shape index (κ1) is 30.0. The van der Waals surface area contributed by atoms with Gasteiger partial charge in [-0.3, -0.25) is 13.9 Å². The maximum absolute atomic E-state index is 13.4. The van der Waals surface area contributed by atoms with Crippen LogP contribution in [0.3, 0.4) is 0 Å². The molecule has 2 amide bonds. The smallest absolute Gasteiger partial charge is 0.242 e. The third-order valence-electron chi connectivity index (χ3n) is 6.19. The van der Waals surface area contributed by atoms with Crippen molar-refractivity contribution in [2.75, 3.05) is 31.3 Å². The van der Waals surface area contributed by atoms with Crippen LogP contribution in [0.4, 0.5) is 5.69 Å². The highest BCUT2D eigenvalue weighted by Gasteiger charge is 2.27. The summed E-state index contributed by atoms with van der Waals surface area (Å²) in [7, 11) is -0.446. The summed E-state index contributed by atoms with van der Waals surface area (Å²) in [5.74, 6) is 0.854. The monoisotopic (exact) mass is 533 g/mol. The molecule has 0 heterocycles. The molecule has 2 rings (SSSR count). The molecule has 1 N–H and O–H groups in total. The molecule has 2 unspecified atom stereocenters. The number of sulfonamides is 1. The van der Waals surface area contributed by atoms with Crippen LogP contribution in [0.1, 0.15) is 45.6 Å². The Bertz CT molecular complexity index is 1120. The SMILES string of the molecule is CCC(C)NC(=O)C(C)N(Cc1ccc(OC)cc1)C(=O)CCCN(c1ccc(OC)cc1)S(C)(=O)=O. The molecule has 2 atom stereocenters. The normalized spacial score (nSPS) is 12.8. The van der Waals surface area contributed by atoms with Gasteiger partial charge in [0.25, 0.3) is 0 Å². The number of hydrogen-bond acceptors (Lipinski definition) is 6. The van der Waals surface area contributed by atoms with E-state index >= 15 is 0 Å². The topological polar surface area (TPSA) is 105 Å². The molecule has 0 aliphatic rings. The second-order valence-corrected chi connectivity index (χ2v) is 10.9. The van der Waals surface area contributed by atoms with Gasteiger partial charge in [-0.2, -0.15) is 0 Å². The lowest BCUT2D eigenvalue weighted by atomic mass is 10.1. The predicted octanol–water partition coefficient (Wildman–Crippen LogP) is 3.58. The van der Waals surface area contributed by atoms with E-state index in [-0.39, 0.29) is 43.8 Å². The summed E-state index contributed by atoms with van der Waals surface area (Å²) in [5, 5.41) is 2.94. The highest BCUT2D eigenvalue weighted by Crippen LogP contribution is 2.22. The Morgan fingerprint density at radius 3 is 1.97 bits per heavy atom. The summed E-state index contributed by atoms with van der Waals surface area (Å²) in [5.41, 5.74) is 1.35. The summed E-state index contributed by atoms with van der Waals surface area (Å²) in [6, 6.07) is 13.3. The Morgan fingerprint density at radius 2 is 1.49 bits per heavy atom. The lowest BCUT2D eigenvalue weighted by molar-refractivity contribution is -0.140. The molecule has 204 valence electrons. The van der Waals surface area contributed by atoms with Crippen LogP contribution >= 0.6 is 0 Å². The van der Waals surface area contributed by atoms with Crippen LogP contribution in [0.2, 0.25) is 0 Å². The standard InChI is InChI=1S/C27H39N3O6S/c1-7-20(2)28-27(32)21(3)29(19-22-10-14-24(35-4)15-11-22)26(31)9-8-18-30(37(6,33)34)23-12-16-25(36-5)17-13-23/h10-17,20-21H,7-9,18-19H2,1-6H3,(H,28,32). The number of methoxy groups -OCH3 is 2. The van der Waals surface area contributed by atoms with Gasteiger partial charge in [-0.1, -0.05) is 19.1 Å². The van der Waals surface area contributed by atoms with Crippen LogP contribution in [-0.2, 0) is 26.2 Å². The lowest BCUT2D eigenvalue weighted by Crippen LogP contribution is -2.49. The minimum atomic E-state index is -3.57. The number of nitrogens with zero attached hydrogens (tertiary/aromatic N) is 2. The van der Waals surface area contributed by atoms with Gasteiger partial charge < -0.3 is 19.7 Å². The average Bonchev–Trinajstić information content (AvgIpc) is 2.88. The van der Waals surface area contributed by atoms with Gasteiger partial charge in [0.05, 0.1) is 26.2 Å². The van der Waals surface area contributed by atoms with Crippen molar-refractivity contribution in [3.05, 3.63) is 54.1 Å². The van der Waals surface area contributed by atoms with Gasteiger partial charge in [0.15, 0.2) is 0 Å². The molecule has 37 heavy (non-hydrogen) atoms. The van der Waals surface area contributed by atoms with Crippen LogP contribution < -0.4 is 19.1 Å². The lowest BCUT2D eigenvalue weighted by Gasteiger charge is -2.30. The maximum Gasteiger partial charge on any atom is 0.242 e. The number of rotatable bonds is 14. The number of amides is 2. The van der Waals surface area contributed by atoms with Gasteiger partial charge in [0.1, 0.15) is 17.5 Å². The van der Waals surface area contributed by atoms with Crippen LogP contribution in [0.25, 0.3) is 0 Å². The van der Waals surface area contributed by atoms with Crippen molar-refractivity contribution in [3.8, 4) is 11.5 Å². The molecule has 0 spiro atoms. The highest BCUT2D eigenvalue weighted by molar-refractivity contribution is 7.92. The molecule has 0 aromatic heterocycles. The van der Waals surface area contributed by atoms with Gasteiger partial charge in [-0.05, 0) is 68.7 Å². The molecule has 9 nitrogen and oxygen atoms in total. The van der Waals surface area contributed by atoms with E-state index in [1.807, 2.05) is 26.0 Å². The molecule has 0 fully saturated rings. The van der Waals surface area contributed by atoms with E-state index in [1.54, 1.807) is 50.4 Å². The van der Waals surface area contributed by atoms with E-state index in [0.717, 1.165) is 18.2 Å². The van der Waals surface area contributed by atoms with Gasteiger partial charge in [-0.15, -0.1) is 0 Å². The van der Waals surface area contributed by atoms with Crippen molar-refractivity contribution in [1.29, 1.82) is 0 Å². The Kier molecular flexibility index (Phi) is 11.2. The van der Waals surface area contributed by atoms with Crippen LogP contribution in [0, 0.1) is 0 Å². The fourth-order valence-corrected chi connectivity index (χ4v) is 4.69. The summed E-state index contributed by atoms with van der Waals surface area (Å²) >= 11 is 0. The van der Waals surface area contributed by atoms with Gasteiger partial charge in [0.2, 0.25) is 21.8 Å². The Morgan fingerprint density at radius 1 is 0.946 bits per heavy atom. The maximum atomic E-state index is 13.4. The number of benzene rings is 2. The third kappa shape index (κ3) is 8.96. The summed E-state index contributed by atoms with van der Waals surface area (Å²) in [6.07, 6.45) is 2.28. The van der Waals surface area contributed by atoms with Crippen LogP contribution in [0.15, 0.2) is 48.5 Å². The van der Waals surface area contributed by atoms with Gasteiger partial charge >= 0.3 is 0 Å². The van der Waals surface area contributed by atoms with Crippen molar-refractivity contribution < 1.29 is 27.5 Å². The van der Waals surface area contributed by atoms with Crippen molar-refractivity contribution in [2.45, 2.75) is 58.7 Å². The van der Waals surface area contributed by atoms with Crippen LogP contribution in [0.5, 0.6) is 11.5 Å². The Hall–Kier alpha value is -3.27. The van der Waals surface area contributed by atoms with Gasteiger partial charge in [0, 0.05) is 25.6 Å². The first-order chi connectivity index (χ1) is 17.5. The predicted molar refractivity (Wildman–Crippen MR) is 145 cm³/mol. The minimum absolute atomic E-state index is 0.0132. The van der Waals surface area contributed by atoms with Crippen molar-refractivity contribution in [2.24, 2.45) is 0 Å². The van der Waals surface area contributed by atoms with Gasteiger partial charge in [-0.25, -0.2) is 8.42 Å². The average molecular weight is 534 g/mol. The van der Waals surface area contributed by atoms with E-state index in [0.29, 0.717) is 17.2 Å². The van der Waals surface area contributed by atoms with E-state index in [4.69, 9.17) is 9.47 Å². The van der Waals surface area contributed by atoms with Crippen LogP contribution in [-0.4, -0.2) is 64.2 Å². The van der Waals surface area contributed by atoms with Crippen molar-refractivity contribution in [3.63, 3.8) is 0 Å². The second kappa shape index (κ2) is 13.9. The molecular weight excluding hydrogens is 494 g/mol. The first-order valence-corrected chi connectivity index (χ1v) is 14.2. The zero-order chi connectivity index (χ0) is 27.6. The summed E-state index contributed by atoms with van der Waals surface area (Å²) in [6.45, 7) is 5.97. The molecule has 0 saturated carbocycles. The Balaban J connectivity index is 2.17. The first-order valence-electron chi connectivity index (χ1n) is 12.3. The van der Waals surface area contributed by atoms with Crippen molar-refractivity contribution >= 4 is 27.5 Å². The number of carbonyl (C=O) groups excluding carboxylic acids is 2. The molecule has 0 aliphatic carbocycles. The number of hydrogen-bond donors (Lipinski definition) is 1. The summed E-state index contributed by atoms with van der Waals surface area (Å²) in [4.78, 5) is 27.8. The molecule has 0 radical (unpaired) electrons. The quantitative estimate of drug-likeness (QED) is 0.398. The fraction of sp³-hybridized carbons (Fsp3) is 0.481. The van der Waals surface area contributed by atoms with E-state index in [9.17, 15) is 18.0 Å². The highest BCUT2D eigenvalue weighted by atomic mass is 32.2. The zero-order valence-corrected chi connectivity index (χ0v) is 23.4. The molecular formula is C27H39N3O6S. The molecule has 0 saturated heterocycles. The minimum Gasteiger partial charge on any atom is -0.497 e. The number of carbonyl (C=O) groups is 2. The van der Waals surface area contributed by atoms with Crippen molar-refractivity contribution in [1.82, 2.24) is 10.2 Å². The second-order valence-electron chi connectivity index (χ2n) is 9.00. The summed E-state index contributed by atoms with van der Waals surface area (Å²) < 4.78 is 36.5. The number of ether oxygens (including phenoxy) is 2. The number of anilines is 1. The largest absolute Gasteiger partial charge is 0.497 e. The van der Waals surface area contributed by atoms with E-state index < -0.39 is 16.1 Å². The molecule has 2 aromatic carbocycles. The number of nitrogens with one attached hydrogen (secondary N) is 1. The molecule has 0 bridgehead atoms. The Labute approximate surface area is 220 Å². The third-order valence-corrected chi connectivity index (χ3v) is 7.39. The fourth-order valence-electron chi connectivity index (χ4n) is 3.73. The van der Waals surface area contributed by atoms with E-state index in [1.165, 1.54) is 16.3 Å². The zero-order valence-electron chi connectivity index (χ0n) is 22.6. The molecule has 2 aromatic rings. The molecule has 10 heteroatoms.